The molecule has 0 radical (unpaired) electrons. The van der Waals surface area contributed by atoms with E-state index in [0.717, 1.165) is 19.4 Å². The minimum atomic E-state index is 0.0721. The first-order chi connectivity index (χ1) is 7.74. The molecule has 2 aliphatic rings. The average Bonchev–Trinajstić information content (AvgIpc) is 2.31. The van der Waals surface area contributed by atoms with E-state index >= 15 is 0 Å². The first-order valence-corrected chi connectivity index (χ1v) is 6.71. The maximum Gasteiger partial charge on any atom is 0.239 e. The number of carbonyl (C=O) groups is 1. The number of likely N-dealkylation sites (tertiary alicyclic amines) is 1. The van der Waals surface area contributed by atoms with Crippen LogP contribution in [0.5, 0.6) is 0 Å². The Morgan fingerprint density at radius 1 is 1.19 bits per heavy atom. The van der Waals surface area contributed by atoms with Gasteiger partial charge in [-0.2, -0.15) is 0 Å². The third kappa shape index (κ3) is 2.24. The normalized spacial score (nSPS) is 36.5. The molecule has 1 aliphatic heterocycles. The Hall–Kier alpha value is -0.570. The van der Waals surface area contributed by atoms with Crippen molar-refractivity contribution in [3.8, 4) is 0 Å². The summed E-state index contributed by atoms with van der Waals surface area (Å²) in [5.41, 5.74) is 0. The van der Waals surface area contributed by atoms with Crippen LogP contribution in [0.15, 0.2) is 0 Å². The Bertz CT molecular complexity index is 254. The van der Waals surface area contributed by atoms with Gasteiger partial charge in [0.25, 0.3) is 0 Å². The minimum absolute atomic E-state index is 0.0721. The molecule has 0 aromatic rings. The SMILES string of the molecule is CNC1CCCN(C2CCCCC2C)C1=O. The fourth-order valence-corrected chi connectivity index (χ4v) is 3.26. The molecule has 1 heterocycles. The van der Waals surface area contributed by atoms with Crippen molar-refractivity contribution in [3.05, 3.63) is 0 Å². The van der Waals surface area contributed by atoms with Gasteiger partial charge >= 0.3 is 0 Å². The van der Waals surface area contributed by atoms with E-state index in [2.05, 4.69) is 17.1 Å². The summed E-state index contributed by atoms with van der Waals surface area (Å²) in [6, 6.07) is 0.584. The smallest absolute Gasteiger partial charge is 0.239 e. The summed E-state index contributed by atoms with van der Waals surface area (Å²) in [5.74, 6) is 1.03. The van der Waals surface area contributed by atoms with Crippen LogP contribution in [0.1, 0.15) is 45.4 Å². The van der Waals surface area contributed by atoms with Gasteiger partial charge in [0.1, 0.15) is 0 Å². The lowest BCUT2D eigenvalue weighted by Gasteiger charge is -2.42. The molecular weight excluding hydrogens is 200 g/mol. The summed E-state index contributed by atoms with van der Waals surface area (Å²) in [5, 5.41) is 3.15. The van der Waals surface area contributed by atoms with Gasteiger partial charge in [0.05, 0.1) is 6.04 Å². The first kappa shape index (κ1) is 11.9. The molecule has 1 aliphatic carbocycles. The van der Waals surface area contributed by atoms with Gasteiger partial charge in [-0.05, 0) is 38.6 Å². The summed E-state index contributed by atoms with van der Waals surface area (Å²) in [7, 11) is 1.90. The Morgan fingerprint density at radius 3 is 2.62 bits per heavy atom. The molecule has 2 fully saturated rings. The molecular formula is C13H24N2O. The molecule has 0 bridgehead atoms. The maximum atomic E-state index is 12.3. The predicted molar refractivity (Wildman–Crippen MR) is 65.2 cm³/mol. The van der Waals surface area contributed by atoms with Gasteiger partial charge < -0.3 is 10.2 Å². The molecule has 0 aromatic heterocycles. The lowest BCUT2D eigenvalue weighted by atomic mass is 9.83. The van der Waals surface area contributed by atoms with Crippen LogP contribution < -0.4 is 5.32 Å². The van der Waals surface area contributed by atoms with E-state index in [9.17, 15) is 4.79 Å². The zero-order chi connectivity index (χ0) is 11.5. The van der Waals surface area contributed by atoms with Gasteiger partial charge in [0, 0.05) is 12.6 Å². The summed E-state index contributed by atoms with van der Waals surface area (Å²) in [6.45, 7) is 3.28. The molecule has 3 atom stereocenters. The number of nitrogens with zero attached hydrogens (tertiary/aromatic N) is 1. The molecule has 1 saturated carbocycles. The highest BCUT2D eigenvalue weighted by Crippen LogP contribution is 2.30. The zero-order valence-corrected chi connectivity index (χ0v) is 10.5. The summed E-state index contributed by atoms with van der Waals surface area (Å²) < 4.78 is 0. The molecule has 92 valence electrons. The van der Waals surface area contributed by atoms with E-state index in [4.69, 9.17) is 0 Å². The molecule has 3 unspecified atom stereocenters. The van der Waals surface area contributed by atoms with Gasteiger partial charge in [-0.25, -0.2) is 0 Å². The number of hydrogen-bond donors (Lipinski definition) is 1. The van der Waals surface area contributed by atoms with Crippen molar-refractivity contribution in [2.45, 2.75) is 57.5 Å². The third-order valence-corrected chi connectivity index (χ3v) is 4.29. The number of carbonyl (C=O) groups excluding carboxylic acids is 1. The van der Waals surface area contributed by atoms with Crippen LogP contribution in [-0.4, -0.2) is 36.5 Å². The van der Waals surface area contributed by atoms with E-state index in [1.807, 2.05) is 7.05 Å². The second-order valence-corrected chi connectivity index (χ2v) is 5.34. The molecule has 1 saturated heterocycles. The molecule has 2 rings (SSSR count). The maximum absolute atomic E-state index is 12.3. The van der Waals surface area contributed by atoms with E-state index in [-0.39, 0.29) is 6.04 Å². The lowest BCUT2D eigenvalue weighted by molar-refractivity contribution is -0.140. The van der Waals surface area contributed by atoms with Crippen molar-refractivity contribution in [1.82, 2.24) is 10.2 Å². The fraction of sp³-hybridized carbons (Fsp3) is 0.923. The van der Waals surface area contributed by atoms with Crippen molar-refractivity contribution in [1.29, 1.82) is 0 Å². The molecule has 0 spiro atoms. The van der Waals surface area contributed by atoms with Crippen molar-refractivity contribution < 1.29 is 4.79 Å². The van der Waals surface area contributed by atoms with E-state index in [0.29, 0.717) is 17.9 Å². The van der Waals surface area contributed by atoms with Gasteiger partial charge in [-0.1, -0.05) is 19.8 Å². The van der Waals surface area contributed by atoms with Gasteiger partial charge in [0.15, 0.2) is 0 Å². The van der Waals surface area contributed by atoms with Gasteiger partial charge in [0.2, 0.25) is 5.91 Å². The quantitative estimate of drug-likeness (QED) is 0.775. The van der Waals surface area contributed by atoms with Crippen molar-refractivity contribution >= 4 is 5.91 Å². The summed E-state index contributed by atoms with van der Waals surface area (Å²) in [6.07, 6.45) is 7.30. The molecule has 3 heteroatoms. The highest BCUT2D eigenvalue weighted by atomic mass is 16.2. The Morgan fingerprint density at radius 2 is 1.94 bits per heavy atom. The van der Waals surface area contributed by atoms with E-state index < -0.39 is 0 Å². The van der Waals surface area contributed by atoms with Crippen LogP contribution in [0.4, 0.5) is 0 Å². The standard InChI is InChI=1S/C13H24N2O/c1-10-6-3-4-8-12(10)15-9-5-7-11(14-2)13(15)16/h10-12,14H,3-9H2,1-2H3. The van der Waals surface area contributed by atoms with Crippen LogP contribution in [0.3, 0.4) is 0 Å². The summed E-state index contributed by atoms with van der Waals surface area (Å²) in [4.78, 5) is 14.4. The average molecular weight is 224 g/mol. The Labute approximate surface area is 98.6 Å². The number of rotatable bonds is 2. The number of piperidine rings is 1. The van der Waals surface area contributed by atoms with E-state index in [1.54, 1.807) is 0 Å². The van der Waals surface area contributed by atoms with Gasteiger partial charge in [-0.3, -0.25) is 4.79 Å². The Balaban J connectivity index is 2.04. The lowest BCUT2D eigenvalue weighted by Crippen LogP contribution is -2.55. The van der Waals surface area contributed by atoms with Crippen LogP contribution in [0, 0.1) is 5.92 Å². The van der Waals surface area contributed by atoms with Crippen LogP contribution in [0.2, 0.25) is 0 Å². The highest BCUT2D eigenvalue weighted by molar-refractivity contribution is 5.82. The second kappa shape index (κ2) is 5.17. The van der Waals surface area contributed by atoms with Crippen molar-refractivity contribution in [2.24, 2.45) is 5.92 Å². The Kier molecular flexibility index (Phi) is 3.85. The molecule has 0 aromatic carbocycles. The van der Waals surface area contributed by atoms with Crippen LogP contribution in [-0.2, 0) is 4.79 Å². The number of likely N-dealkylation sites (N-methyl/N-ethyl adjacent to an activating group) is 1. The van der Waals surface area contributed by atoms with Crippen LogP contribution >= 0.6 is 0 Å². The predicted octanol–water partition coefficient (Wildman–Crippen LogP) is 1.78. The summed E-state index contributed by atoms with van der Waals surface area (Å²) >= 11 is 0. The fourth-order valence-electron chi connectivity index (χ4n) is 3.26. The third-order valence-electron chi connectivity index (χ3n) is 4.29. The molecule has 1 N–H and O–H groups in total. The highest BCUT2D eigenvalue weighted by Gasteiger charge is 2.35. The number of hydrogen-bond acceptors (Lipinski definition) is 2. The minimum Gasteiger partial charge on any atom is -0.338 e. The monoisotopic (exact) mass is 224 g/mol. The molecule has 16 heavy (non-hydrogen) atoms. The molecule has 3 nitrogen and oxygen atoms in total. The van der Waals surface area contributed by atoms with Crippen molar-refractivity contribution in [3.63, 3.8) is 0 Å². The topological polar surface area (TPSA) is 32.3 Å². The molecule has 1 amide bonds. The first-order valence-electron chi connectivity index (χ1n) is 6.71. The largest absolute Gasteiger partial charge is 0.338 e. The number of nitrogens with one attached hydrogen (secondary N) is 1. The van der Waals surface area contributed by atoms with Gasteiger partial charge in [-0.15, -0.1) is 0 Å². The van der Waals surface area contributed by atoms with Crippen molar-refractivity contribution in [2.75, 3.05) is 13.6 Å². The second-order valence-electron chi connectivity index (χ2n) is 5.34. The van der Waals surface area contributed by atoms with E-state index in [1.165, 1.54) is 25.7 Å². The number of amides is 1. The zero-order valence-electron chi connectivity index (χ0n) is 10.5. The van der Waals surface area contributed by atoms with Crippen LogP contribution in [0.25, 0.3) is 0 Å².